The van der Waals surface area contributed by atoms with Crippen LogP contribution < -0.4 is 10.6 Å². The molecule has 0 bridgehead atoms. The second-order valence-electron chi connectivity index (χ2n) is 14.5. The summed E-state index contributed by atoms with van der Waals surface area (Å²) in [5.74, 6) is 0.578. The van der Waals surface area contributed by atoms with E-state index in [1.165, 1.54) is 22.1 Å². The van der Waals surface area contributed by atoms with Crippen molar-refractivity contribution in [3.63, 3.8) is 0 Å². The van der Waals surface area contributed by atoms with E-state index in [1.807, 2.05) is 6.07 Å². The molecule has 4 heterocycles. The fourth-order valence-electron chi connectivity index (χ4n) is 7.56. The van der Waals surface area contributed by atoms with Crippen molar-refractivity contribution in [3.8, 4) is 0 Å². The predicted octanol–water partition coefficient (Wildman–Crippen LogP) is 7.70. The molecule has 1 aromatic heterocycles. The molecular weight excluding hydrogens is 538 g/mol. The van der Waals surface area contributed by atoms with E-state index in [1.54, 1.807) is 0 Å². The number of allylic oxidation sites excluding steroid dienone is 2. The molecule has 2 saturated heterocycles. The maximum absolute atomic E-state index is 4.63. The predicted molar refractivity (Wildman–Crippen MR) is 187 cm³/mol. The van der Waals surface area contributed by atoms with E-state index in [-0.39, 0.29) is 17.0 Å². The van der Waals surface area contributed by atoms with E-state index in [9.17, 15) is 0 Å². The first-order valence-electron chi connectivity index (χ1n) is 16.1. The maximum Gasteiger partial charge on any atom is 0.0839 e. The molecule has 0 aliphatic carbocycles. The number of hydrogen-bond acceptors (Lipinski definition) is 4. The first kappa shape index (κ1) is 29.9. The Kier molecular flexibility index (Phi) is 7.77. The average Bonchev–Trinajstić information content (AvgIpc) is 3.42. The van der Waals surface area contributed by atoms with Crippen LogP contribution in [0.5, 0.6) is 0 Å². The van der Waals surface area contributed by atoms with Crippen LogP contribution in [0.3, 0.4) is 0 Å². The van der Waals surface area contributed by atoms with Crippen molar-refractivity contribution >= 4 is 22.2 Å². The molecule has 3 unspecified atom stereocenters. The Morgan fingerprint density at radius 2 is 1.82 bits per heavy atom. The van der Waals surface area contributed by atoms with Gasteiger partial charge >= 0.3 is 0 Å². The molecule has 4 atom stereocenters. The van der Waals surface area contributed by atoms with Gasteiger partial charge in [-0.1, -0.05) is 102 Å². The van der Waals surface area contributed by atoms with E-state index < -0.39 is 0 Å². The number of fused-ring (bicyclic) bond motifs is 2. The van der Waals surface area contributed by atoms with Gasteiger partial charge in [0.25, 0.3) is 0 Å². The van der Waals surface area contributed by atoms with Crippen molar-refractivity contribution in [1.29, 1.82) is 0 Å². The number of likely N-dealkylation sites (tertiary alicyclic amines) is 2. The van der Waals surface area contributed by atoms with E-state index in [0.29, 0.717) is 18.5 Å². The van der Waals surface area contributed by atoms with Crippen molar-refractivity contribution in [2.45, 2.75) is 65.1 Å². The second kappa shape index (κ2) is 11.4. The summed E-state index contributed by atoms with van der Waals surface area (Å²) in [6, 6.07) is 20.0. The van der Waals surface area contributed by atoms with Gasteiger partial charge in [0.1, 0.15) is 0 Å². The van der Waals surface area contributed by atoms with Crippen LogP contribution in [0.25, 0.3) is 22.2 Å². The molecule has 5 heteroatoms. The summed E-state index contributed by atoms with van der Waals surface area (Å²) < 4.78 is 0. The van der Waals surface area contributed by atoms with Crippen LogP contribution in [0, 0.1) is 11.3 Å². The molecule has 3 aliphatic heterocycles. The molecule has 3 aromatic rings. The first-order valence-corrected chi connectivity index (χ1v) is 16.1. The lowest BCUT2D eigenvalue weighted by Crippen LogP contribution is -2.78. The lowest BCUT2D eigenvalue weighted by molar-refractivity contribution is -0.120. The maximum atomic E-state index is 4.63. The number of benzene rings is 2. The number of H-pyrrole nitrogens is 1. The highest BCUT2D eigenvalue weighted by Gasteiger charge is 2.58. The quantitative estimate of drug-likeness (QED) is 0.240. The van der Waals surface area contributed by atoms with Gasteiger partial charge in [-0.25, -0.2) is 0 Å². The second-order valence-corrected chi connectivity index (χ2v) is 14.5. The molecular formula is C39H49N5. The van der Waals surface area contributed by atoms with Crippen LogP contribution in [0.15, 0.2) is 104 Å². The molecule has 2 aromatic carbocycles. The van der Waals surface area contributed by atoms with Crippen LogP contribution in [0.1, 0.15) is 57.9 Å². The zero-order valence-corrected chi connectivity index (χ0v) is 27.2. The van der Waals surface area contributed by atoms with Gasteiger partial charge in [0.2, 0.25) is 0 Å². The molecule has 0 amide bonds. The fraction of sp³-hybridized carbons (Fsp3) is 0.385. The summed E-state index contributed by atoms with van der Waals surface area (Å²) in [6.07, 6.45) is 8.89. The van der Waals surface area contributed by atoms with Gasteiger partial charge in [-0.05, 0) is 59.9 Å². The Labute approximate surface area is 264 Å². The van der Waals surface area contributed by atoms with Gasteiger partial charge in [0, 0.05) is 41.6 Å². The summed E-state index contributed by atoms with van der Waals surface area (Å²) in [6.45, 7) is 27.7. The number of para-hydroxylation sites is 1. The number of aromatic amines is 1. The number of piperidine rings is 1. The van der Waals surface area contributed by atoms with Crippen molar-refractivity contribution in [2.75, 3.05) is 19.6 Å². The molecule has 0 radical (unpaired) electrons. The Balaban J connectivity index is 1.06. The number of rotatable bonds is 9. The Morgan fingerprint density at radius 3 is 2.50 bits per heavy atom. The first-order chi connectivity index (χ1) is 20.9. The Hall–Kier alpha value is -4.12. The standard InChI is InChI=1S/C39H49N5/c1-26-19-20-44(29(4)34-18-17-33(24-41-34)31-15-13-30(14-16-31)22-38(5,6)7)39(8)25-43(37(26)39)27(2)23-40-28(3)36-21-32-11-9-10-12-35(32)42-36/h9-18,21,24,26,34,37,40-42H,2-4,19-20,22-23,25H2,1,5-8H3/t26?,34?,37?,39-/m1/s1. The summed E-state index contributed by atoms with van der Waals surface area (Å²) in [4.78, 5) is 8.54. The normalized spacial score (nSPS) is 24.7. The van der Waals surface area contributed by atoms with Gasteiger partial charge in [-0.3, -0.25) is 0 Å². The number of nitrogens with one attached hydrogen (secondary N) is 3. The van der Waals surface area contributed by atoms with Gasteiger partial charge in [-0.2, -0.15) is 0 Å². The highest BCUT2D eigenvalue weighted by atomic mass is 15.4. The zero-order valence-electron chi connectivity index (χ0n) is 27.2. The van der Waals surface area contributed by atoms with Crippen molar-refractivity contribution in [3.05, 3.63) is 121 Å². The molecule has 0 spiro atoms. The number of dihydropyridines is 1. The van der Waals surface area contributed by atoms with Crippen LogP contribution in [-0.2, 0) is 6.42 Å². The van der Waals surface area contributed by atoms with Crippen LogP contribution in [-0.4, -0.2) is 52.0 Å². The molecule has 2 fully saturated rings. The summed E-state index contributed by atoms with van der Waals surface area (Å²) >= 11 is 0. The Bertz CT molecular complexity index is 1600. The minimum atomic E-state index is 0.0221. The summed E-state index contributed by atoms with van der Waals surface area (Å²) in [7, 11) is 0. The minimum Gasteiger partial charge on any atom is -0.379 e. The lowest BCUT2D eigenvalue weighted by Gasteiger charge is -2.67. The smallest absolute Gasteiger partial charge is 0.0839 e. The fourth-order valence-corrected chi connectivity index (χ4v) is 7.56. The van der Waals surface area contributed by atoms with Gasteiger partial charge in [-0.15, -0.1) is 0 Å². The number of hydrogen-bond donors (Lipinski definition) is 3. The zero-order chi connectivity index (χ0) is 31.2. The van der Waals surface area contributed by atoms with Crippen molar-refractivity contribution in [2.24, 2.45) is 11.3 Å². The SMILES string of the molecule is C=C(NCC(=C)N1C[C@]2(C)C1C(C)CCN2C(=C)C1C=CC(c2ccc(CC(C)(C)C)cc2)=CN1)c1cc2ccccc2[nH]1. The summed E-state index contributed by atoms with van der Waals surface area (Å²) in [5, 5.41) is 8.37. The molecule has 5 nitrogen and oxygen atoms in total. The van der Waals surface area contributed by atoms with E-state index >= 15 is 0 Å². The largest absolute Gasteiger partial charge is 0.379 e. The van der Waals surface area contributed by atoms with Gasteiger partial charge in [0.05, 0.1) is 35.6 Å². The molecule has 6 rings (SSSR count). The molecule has 230 valence electrons. The Morgan fingerprint density at radius 1 is 1.07 bits per heavy atom. The van der Waals surface area contributed by atoms with Crippen LogP contribution in [0.2, 0.25) is 0 Å². The van der Waals surface area contributed by atoms with E-state index in [2.05, 4.69) is 147 Å². The highest BCUT2D eigenvalue weighted by Crippen LogP contribution is 2.47. The van der Waals surface area contributed by atoms with Gasteiger partial charge < -0.3 is 25.4 Å². The number of aromatic nitrogens is 1. The van der Waals surface area contributed by atoms with Crippen molar-refractivity contribution in [1.82, 2.24) is 25.4 Å². The summed E-state index contributed by atoms with van der Waals surface area (Å²) in [5.41, 5.74) is 9.43. The molecule has 0 saturated carbocycles. The molecule has 3 N–H and O–H groups in total. The molecule has 3 aliphatic rings. The van der Waals surface area contributed by atoms with Crippen molar-refractivity contribution < 1.29 is 0 Å². The van der Waals surface area contributed by atoms with Gasteiger partial charge in [0.15, 0.2) is 0 Å². The average molecular weight is 588 g/mol. The monoisotopic (exact) mass is 587 g/mol. The van der Waals surface area contributed by atoms with E-state index in [4.69, 9.17) is 0 Å². The van der Waals surface area contributed by atoms with Crippen LogP contribution in [0.4, 0.5) is 0 Å². The number of nitrogens with zero attached hydrogens (tertiary/aromatic N) is 2. The topological polar surface area (TPSA) is 46.3 Å². The third kappa shape index (κ3) is 5.72. The third-order valence-corrected chi connectivity index (χ3v) is 9.81. The third-order valence-electron chi connectivity index (χ3n) is 9.81. The minimum absolute atomic E-state index is 0.0221. The lowest BCUT2D eigenvalue weighted by atomic mass is 9.68. The highest BCUT2D eigenvalue weighted by molar-refractivity contribution is 5.84. The van der Waals surface area contributed by atoms with Crippen LogP contribution >= 0.6 is 0 Å². The van der Waals surface area contributed by atoms with E-state index in [0.717, 1.165) is 54.2 Å². The molecule has 44 heavy (non-hydrogen) atoms.